The maximum Gasteiger partial charge on any atom is 0.707 e. The van der Waals surface area contributed by atoms with Gasteiger partial charge in [0, 0.05) is 25.4 Å². The van der Waals surface area contributed by atoms with Gasteiger partial charge in [-0.05, 0) is 26.8 Å². The Morgan fingerprint density at radius 1 is 1.38 bits per heavy atom. The van der Waals surface area contributed by atoms with Crippen molar-refractivity contribution >= 4 is 19.2 Å². The predicted octanol–water partition coefficient (Wildman–Crippen LogP) is 0.366. The summed E-state index contributed by atoms with van der Waals surface area (Å²) in [5, 5.41) is 22.9. The molecule has 0 aliphatic carbocycles. The van der Waals surface area contributed by atoms with E-state index in [0.717, 1.165) is 0 Å². The summed E-state index contributed by atoms with van der Waals surface area (Å²) < 4.78 is 9.78. The number of anilines is 1. The van der Waals surface area contributed by atoms with Gasteiger partial charge < -0.3 is 30.1 Å². The molecular weight excluding hydrogens is 277 g/mol. The molecule has 1 aromatic rings. The van der Waals surface area contributed by atoms with Crippen molar-refractivity contribution in [2.24, 2.45) is 0 Å². The van der Waals surface area contributed by atoms with E-state index in [1.165, 1.54) is 18.3 Å². The fourth-order valence-electron chi connectivity index (χ4n) is 1.37. The van der Waals surface area contributed by atoms with E-state index in [1.54, 1.807) is 20.8 Å². The number of rotatable bonds is 6. The Bertz CT molecular complexity index is 464. The van der Waals surface area contributed by atoms with Crippen LogP contribution in [0.5, 0.6) is 5.75 Å². The molecule has 9 heteroatoms. The summed E-state index contributed by atoms with van der Waals surface area (Å²) >= 11 is 0. The quantitative estimate of drug-likeness (QED) is 0.443. The van der Waals surface area contributed by atoms with E-state index < -0.39 is 19.0 Å². The van der Waals surface area contributed by atoms with Gasteiger partial charge in [0.2, 0.25) is 0 Å². The Hall–Kier alpha value is -2.00. The summed E-state index contributed by atoms with van der Waals surface area (Å²) in [6.45, 7) is 6.14. The number of hydrogen-bond donors (Lipinski definition) is 4. The number of hydrogen-bond acceptors (Lipinski definition) is 7. The molecule has 0 saturated carbocycles. The second-order valence-corrected chi connectivity index (χ2v) is 5.18. The van der Waals surface area contributed by atoms with Crippen LogP contribution in [-0.4, -0.2) is 47.1 Å². The summed E-state index contributed by atoms with van der Waals surface area (Å²) in [7, 11) is -1.88. The predicted molar refractivity (Wildman–Crippen MR) is 77.8 cm³/mol. The van der Waals surface area contributed by atoms with E-state index in [4.69, 9.17) is 19.4 Å². The smallest absolute Gasteiger partial charge is 0.512 e. The fraction of sp³-hybridized carbons (Fsp3) is 0.500. The second kappa shape index (κ2) is 7.70. The van der Waals surface area contributed by atoms with E-state index >= 15 is 0 Å². The van der Waals surface area contributed by atoms with Crippen molar-refractivity contribution < 1.29 is 24.2 Å². The lowest BCUT2D eigenvalue weighted by molar-refractivity contribution is 0.0530. The molecule has 4 N–H and O–H groups in total. The first-order valence-corrected chi connectivity index (χ1v) is 6.46. The molecule has 0 bridgehead atoms. The lowest BCUT2D eigenvalue weighted by Gasteiger charge is -2.19. The number of pyridine rings is 1. The first-order valence-electron chi connectivity index (χ1n) is 6.46. The minimum atomic E-state index is -1.88. The van der Waals surface area contributed by atoms with Gasteiger partial charge in [-0.3, -0.25) is 0 Å². The summed E-state index contributed by atoms with van der Waals surface area (Å²) in [5.41, 5.74) is -0.532. The lowest BCUT2D eigenvalue weighted by Crippen LogP contribution is -2.35. The minimum Gasteiger partial charge on any atom is -0.512 e. The molecule has 0 radical (unpaired) electrons. The van der Waals surface area contributed by atoms with E-state index in [0.29, 0.717) is 18.9 Å². The molecule has 0 unspecified atom stereocenters. The highest BCUT2D eigenvalue weighted by molar-refractivity contribution is 6.33. The van der Waals surface area contributed by atoms with Gasteiger partial charge in [0.1, 0.15) is 17.2 Å². The van der Waals surface area contributed by atoms with Crippen molar-refractivity contribution in [3.8, 4) is 5.75 Å². The third kappa shape index (κ3) is 8.00. The Labute approximate surface area is 123 Å². The Morgan fingerprint density at radius 2 is 2.10 bits per heavy atom. The van der Waals surface area contributed by atoms with Crippen LogP contribution >= 0.6 is 0 Å². The molecule has 0 aromatic carbocycles. The maximum atomic E-state index is 11.4. The summed E-state index contributed by atoms with van der Waals surface area (Å²) in [6, 6.07) is 3.00. The van der Waals surface area contributed by atoms with Gasteiger partial charge in [-0.15, -0.1) is 0 Å². The molecule has 0 spiro atoms. The second-order valence-electron chi connectivity index (χ2n) is 5.18. The zero-order valence-electron chi connectivity index (χ0n) is 12.3. The van der Waals surface area contributed by atoms with Gasteiger partial charge in [0.05, 0.1) is 0 Å². The molecule has 1 aromatic heterocycles. The minimum absolute atomic E-state index is 0.266. The maximum absolute atomic E-state index is 11.4. The number of nitrogens with zero attached hydrogens (tertiary/aromatic N) is 1. The fourth-order valence-corrected chi connectivity index (χ4v) is 1.37. The number of carbonyl (C=O) groups is 1. The van der Waals surface area contributed by atoms with Gasteiger partial charge >= 0.3 is 13.4 Å². The molecular formula is C12H20BN3O5. The highest BCUT2D eigenvalue weighted by atomic mass is 16.6. The molecule has 8 nitrogen and oxygen atoms in total. The van der Waals surface area contributed by atoms with E-state index in [1.807, 2.05) is 0 Å². The molecule has 0 aliphatic heterocycles. The molecule has 116 valence electrons. The van der Waals surface area contributed by atoms with Crippen molar-refractivity contribution in [3.05, 3.63) is 18.3 Å². The van der Waals surface area contributed by atoms with Gasteiger partial charge in [-0.1, -0.05) is 0 Å². The summed E-state index contributed by atoms with van der Waals surface area (Å²) in [5.74, 6) is 0.752. The number of aromatic nitrogens is 1. The number of nitrogens with one attached hydrogen (secondary N) is 2. The van der Waals surface area contributed by atoms with Crippen LogP contribution in [0.4, 0.5) is 10.6 Å². The van der Waals surface area contributed by atoms with Gasteiger partial charge in [0.25, 0.3) is 0 Å². The van der Waals surface area contributed by atoms with Crippen LogP contribution in [0.25, 0.3) is 0 Å². The normalized spacial score (nSPS) is 10.7. The third-order valence-electron chi connectivity index (χ3n) is 2.07. The molecule has 1 rings (SSSR count). The van der Waals surface area contributed by atoms with Gasteiger partial charge in [0.15, 0.2) is 0 Å². The molecule has 1 amide bonds. The van der Waals surface area contributed by atoms with Crippen molar-refractivity contribution in [2.75, 3.05) is 18.4 Å². The lowest BCUT2D eigenvalue weighted by atomic mass is 10.2. The average Bonchev–Trinajstić information content (AvgIpc) is 2.32. The first kappa shape index (κ1) is 17.1. The molecule has 0 atom stereocenters. The van der Waals surface area contributed by atoms with Crippen LogP contribution < -0.4 is 15.3 Å². The van der Waals surface area contributed by atoms with Crippen molar-refractivity contribution in [1.82, 2.24) is 10.3 Å². The number of alkyl carbamates (subject to hydrolysis) is 1. The highest BCUT2D eigenvalue weighted by Crippen LogP contribution is 2.14. The molecule has 1 heterocycles. The van der Waals surface area contributed by atoms with E-state index in [-0.39, 0.29) is 5.75 Å². The molecule has 21 heavy (non-hydrogen) atoms. The standard InChI is InChI=1S/C12H20BN3O5/c1-12(2,3)20-11(17)16-7-6-15-10-8-9(4-5-14-10)21-13(18)19/h4-5,8,18-19H,6-7H2,1-3H3,(H,14,15)(H,16,17). The zero-order chi connectivity index (χ0) is 15.9. The van der Waals surface area contributed by atoms with Crippen molar-refractivity contribution in [1.29, 1.82) is 0 Å². The van der Waals surface area contributed by atoms with E-state index in [9.17, 15) is 4.79 Å². The van der Waals surface area contributed by atoms with Crippen LogP contribution in [0.3, 0.4) is 0 Å². The summed E-state index contributed by atoms with van der Waals surface area (Å²) in [4.78, 5) is 15.4. The summed E-state index contributed by atoms with van der Waals surface area (Å²) in [6.07, 6.45) is 0.971. The first-order chi connectivity index (χ1) is 9.76. The van der Waals surface area contributed by atoms with Crippen LogP contribution in [0.15, 0.2) is 18.3 Å². The largest absolute Gasteiger partial charge is 0.707 e. The zero-order valence-corrected chi connectivity index (χ0v) is 12.3. The highest BCUT2D eigenvalue weighted by Gasteiger charge is 2.15. The Kier molecular flexibility index (Phi) is 6.25. The third-order valence-corrected chi connectivity index (χ3v) is 2.07. The molecule has 0 aliphatic rings. The monoisotopic (exact) mass is 297 g/mol. The SMILES string of the molecule is CC(C)(C)OC(=O)NCCNc1cc(OB(O)O)ccn1. The van der Waals surface area contributed by atoms with Crippen LogP contribution in [-0.2, 0) is 4.74 Å². The topological polar surface area (TPSA) is 113 Å². The molecule has 0 saturated heterocycles. The van der Waals surface area contributed by atoms with Gasteiger partial charge in [-0.2, -0.15) is 0 Å². The Morgan fingerprint density at radius 3 is 2.71 bits per heavy atom. The van der Waals surface area contributed by atoms with Crippen LogP contribution in [0.2, 0.25) is 0 Å². The van der Waals surface area contributed by atoms with Crippen LogP contribution in [0, 0.1) is 0 Å². The van der Waals surface area contributed by atoms with Gasteiger partial charge in [-0.25, -0.2) is 9.78 Å². The van der Waals surface area contributed by atoms with E-state index in [2.05, 4.69) is 15.6 Å². The van der Waals surface area contributed by atoms with Crippen LogP contribution in [0.1, 0.15) is 20.8 Å². The Balaban J connectivity index is 2.31. The molecule has 0 fully saturated rings. The average molecular weight is 297 g/mol. The van der Waals surface area contributed by atoms with Crippen molar-refractivity contribution in [2.45, 2.75) is 26.4 Å². The van der Waals surface area contributed by atoms with Crippen molar-refractivity contribution in [3.63, 3.8) is 0 Å². The number of carbonyl (C=O) groups excluding carboxylic acids is 1. The number of ether oxygens (including phenoxy) is 1. The number of amides is 1.